The summed E-state index contributed by atoms with van der Waals surface area (Å²) in [5, 5.41) is 14.2. The van der Waals surface area contributed by atoms with Crippen molar-refractivity contribution in [3.05, 3.63) is 63.4 Å². The van der Waals surface area contributed by atoms with E-state index in [4.69, 9.17) is 11.6 Å². The molecule has 25 heavy (non-hydrogen) atoms. The largest absolute Gasteiger partial charge is 0.506 e. The number of hydrogen-bond acceptors (Lipinski definition) is 5. The van der Waals surface area contributed by atoms with Crippen molar-refractivity contribution in [2.24, 2.45) is 0 Å². The Bertz CT molecular complexity index is 1200. The highest BCUT2D eigenvalue weighted by atomic mass is 35.5. The summed E-state index contributed by atoms with van der Waals surface area (Å²) in [5.74, 6) is -1.09. The number of aromatic hydroxyl groups is 1. The predicted octanol–water partition coefficient (Wildman–Crippen LogP) is 3.75. The maximum atomic E-state index is 12.5. The molecule has 0 aliphatic heterocycles. The molecule has 0 radical (unpaired) electrons. The number of nitrogens with zero attached hydrogens (tertiary/aromatic N) is 1. The standard InChI is InChI=1S/C17H10ClN3O3S/c18-8-5-6-11-12(7-8)25-17(20-11)21-16(24)13-14(22)9-3-1-2-4-10(9)19-15(13)23/h1-7H,(H2,19,22,23)(H,20,21,24). The van der Waals surface area contributed by atoms with Gasteiger partial charge in [-0.3, -0.25) is 14.9 Å². The molecule has 0 aliphatic carbocycles. The number of carbonyl (C=O) groups is 1. The van der Waals surface area contributed by atoms with Crippen molar-refractivity contribution >= 4 is 55.1 Å². The van der Waals surface area contributed by atoms with Crippen molar-refractivity contribution in [3.8, 4) is 5.75 Å². The fourth-order valence-corrected chi connectivity index (χ4v) is 3.68. The average Bonchev–Trinajstić information content (AvgIpc) is 2.96. The van der Waals surface area contributed by atoms with Crippen molar-refractivity contribution in [3.63, 3.8) is 0 Å². The van der Waals surface area contributed by atoms with Gasteiger partial charge in [0.1, 0.15) is 11.3 Å². The Morgan fingerprint density at radius 2 is 2.04 bits per heavy atom. The number of fused-ring (bicyclic) bond motifs is 2. The molecule has 0 unspecified atom stereocenters. The van der Waals surface area contributed by atoms with Gasteiger partial charge in [0.25, 0.3) is 11.5 Å². The zero-order valence-electron chi connectivity index (χ0n) is 12.5. The Labute approximate surface area is 149 Å². The highest BCUT2D eigenvalue weighted by Gasteiger charge is 2.20. The zero-order valence-corrected chi connectivity index (χ0v) is 14.1. The lowest BCUT2D eigenvalue weighted by Gasteiger charge is -2.06. The van der Waals surface area contributed by atoms with Crippen molar-refractivity contribution in [1.29, 1.82) is 0 Å². The van der Waals surface area contributed by atoms with Gasteiger partial charge >= 0.3 is 0 Å². The van der Waals surface area contributed by atoms with E-state index in [0.29, 0.717) is 26.6 Å². The second-order valence-corrected chi connectivity index (χ2v) is 6.78. The van der Waals surface area contributed by atoms with Gasteiger partial charge in [-0.1, -0.05) is 35.1 Å². The summed E-state index contributed by atoms with van der Waals surface area (Å²) in [7, 11) is 0. The van der Waals surface area contributed by atoms with Crippen LogP contribution in [0.5, 0.6) is 5.75 Å². The Morgan fingerprint density at radius 3 is 2.88 bits per heavy atom. The highest BCUT2D eigenvalue weighted by molar-refractivity contribution is 7.22. The van der Waals surface area contributed by atoms with Crippen molar-refractivity contribution in [2.45, 2.75) is 0 Å². The minimum absolute atomic E-state index is 0.314. The van der Waals surface area contributed by atoms with Crippen LogP contribution < -0.4 is 10.9 Å². The molecule has 8 heteroatoms. The first-order chi connectivity index (χ1) is 12.0. The third kappa shape index (κ3) is 2.73. The predicted molar refractivity (Wildman–Crippen MR) is 98.8 cm³/mol. The first-order valence-electron chi connectivity index (χ1n) is 7.24. The third-order valence-corrected chi connectivity index (χ3v) is 4.86. The lowest BCUT2D eigenvalue weighted by atomic mass is 10.1. The monoisotopic (exact) mass is 371 g/mol. The highest BCUT2D eigenvalue weighted by Crippen LogP contribution is 2.29. The van der Waals surface area contributed by atoms with E-state index in [9.17, 15) is 14.7 Å². The number of H-pyrrole nitrogens is 1. The molecule has 0 aliphatic rings. The maximum Gasteiger partial charge on any atom is 0.266 e. The van der Waals surface area contributed by atoms with Gasteiger partial charge in [0.2, 0.25) is 0 Å². The second-order valence-electron chi connectivity index (χ2n) is 5.31. The van der Waals surface area contributed by atoms with E-state index in [0.717, 1.165) is 4.70 Å². The molecule has 2 aromatic heterocycles. The van der Waals surface area contributed by atoms with Gasteiger partial charge in [-0.2, -0.15) is 0 Å². The van der Waals surface area contributed by atoms with E-state index in [1.807, 2.05) is 0 Å². The molecule has 0 spiro atoms. The van der Waals surface area contributed by atoms with Crippen LogP contribution in [0.3, 0.4) is 0 Å². The van der Waals surface area contributed by atoms with Crippen molar-refractivity contribution in [2.75, 3.05) is 5.32 Å². The van der Waals surface area contributed by atoms with Crippen LogP contribution in [0, 0.1) is 0 Å². The summed E-state index contributed by atoms with van der Waals surface area (Å²) in [4.78, 5) is 31.5. The molecule has 4 rings (SSSR count). The molecule has 2 aromatic carbocycles. The Morgan fingerprint density at radius 1 is 1.24 bits per heavy atom. The lowest BCUT2D eigenvalue weighted by Crippen LogP contribution is -2.23. The van der Waals surface area contributed by atoms with E-state index in [1.165, 1.54) is 11.3 Å². The molecule has 3 N–H and O–H groups in total. The number of halogens is 1. The van der Waals surface area contributed by atoms with Gasteiger partial charge in [0.05, 0.1) is 15.7 Å². The van der Waals surface area contributed by atoms with Gasteiger partial charge in [0.15, 0.2) is 5.13 Å². The van der Waals surface area contributed by atoms with Crippen LogP contribution in [0.4, 0.5) is 5.13 Å². The summed E-state index contributed by atoms with van der Waals surface area (Å²) < 4.78 is 0.805. The molecule has 124 valence electrons. The van der Waals surface area contributed by atoms with Crippen LogP contribution in [0.2, 0.25) is 5.02 Å². The van der Waals surface area contributed by atoms with E-state index in [1.54, 1.807) is 42.5 Å². The molecule has 6 nitrogen and oxygen atoms in total. The number of pyridine rings is 1. The first-order valence-corrected chi connectivity index (χ1v) is 8.44. The van der Waals surface area contributed by atoms with Crippen LogP contribution in [-0.2, 0) is 0 Å². The number of carbonyl (C=O) groups excluding carboxylic acids is 1. The second kappa shape index (κ2) is 5.87. The van der Waals surface area contributed by atoms with E-state index in [-0.39, 0.29) is 11.3 Å². The molecule has 0 fully saturated rings. The van der Waals surface area contributed by atoms with Gasteiger partial charge in [-0.25, -0.2) is 4.98 Å². The molecule has 0 saturated carbocycles. The number of hydrogen-bond donors (Lipinski definition) is 3. The first kappa shape index (κ1) is 15.6. The van der Waals surface area contributed by atoms with Gasteiger partial charge in [-0.15, -0.1) is 0 Å². The normalized spacial score (nSPS) is 11.1. The topological polar surface area (TPSA) is 95.1 Å². The van der Waals surface area contributed by atoms with Crippen molar-refractivity contribution < 1.29 is 9.90 Å². The minimum Gasteiger partial charge on any atom is -0.506 e. The van der Waals surface area contributed by atoms with E-state index >= 15 is 0 Å². The number of aromatic amines is 1. The summed E-state index contributed by atoms with van der Waals surface area (Å²) in [6, 6.07) is 11.9. The van der Waals surface area contributed by atoms with Gasteiger partial charge in [-0.05, 0) is 30.3 Å². The fourth-order valence-electron chi connectivity index (χ4n) is 2.55. The van der Waals surface area contributed by atoms with Crippen LogP contribution >= 0.6 is 22.9 Å². The summed E-state index contributed by atoms with van der Waals surface area (Å²) in [5.41, 5.74) is 0.117. The summed E-state index contributed by atoms with van der Waals surface area (Å²) in [6.07, 6.45) is 0. The van der Waals surface area contributed by atoms with Gasteiger partial charge < -0.3 is 10.1 Å². The smallest absolute Gasteiger partial charge is 0.266 e. The average molecular weight is 372 g/mol. The number of para-hydroxylation sites is 1. The minimum atomic E-state index is -0.727. The van der Waals surface area contributed by atoms with Crippen molar-refractivity contribution in [1.82, 2.24) is 9.97 Å². The van der Waals surface area contributed by atoms with E-state index < -0.39 is 11.5 Å². The third-order valence-electron chi connectivity index (χ3n) is 3.69. The molecule has 0 saturated heterocycles. The molecule has 0 atom stereocenters. The number of amides is 1. The number of benzene rings is 2. The lowest BCUT2D eigenvalue weighted by molar-refractivity contribution is 0.102. The Hall–Kier alpha value is -2.90. The number of aromatic nitrogens is 2. The summed E-state index contributed by atoms with van der Waals surface area (Å²) >= 11 is 7.17. The quantitative estimate of drug-likeness (QED) is 0.500. The van der Waals surface area contributed by atoms with Crippen LogP contribution in [0.1, 0.15) is 10.4 Å². The van der Waals surface area contributed by atoms with Crippen LogP contribution in [0.15, 0.2) is 47.3 Å². The number of thiazole rings is 1. The molecule has 1 amide bonds. The maximum absolute atomic E-state index is 12.5. The van der Waals surface area contributed by atoms with Gasteiger partial charge in [0, 0.05) is 10.4 Å². The number of anilines is 1. The van der Waals surface area contributed by atoms with Crippen LogP contribution in [-0.4, -0.2) is 21.0 Å². The number of nitrogens with one attached hydrogen (secondary N) is 2. The van der Waals surface area contributed by atoms with Crippen LogP contribution in [0.25, 0.3) is 21.1 Å². The van der Waals surface area contributed by atoms with E-state index in [2.05, 4.69) is 15.3 Å². The molecular formula is C17H10ClN3O3S. The Balaban J connectivity index is 1.75. The Kier molecular flexibility index (Phi) is 3.67. The SMILES string of the molecule is O=C(Nc1nc2ccc(Cl)cc2s1)c1c(O)c2ccccc2[nH]c1=O. The summed E-state index contributed by atoms with van der Waals surface area (Å²) in [6.45, 7) is 0. The molecule has 2 heterocycles. The molecular weight excluding hydrogens is 362 g/mol. The molecule has 0 bridgehead atoms. The zero-order chi connectivity index (χ0) is 17.6. The fraction of sp³-hybridized carbons (Fsp3) is 0. The molecule has 4 aromatic rings. The number of rotatable bonds is 2.